The van der Waals surface area contributed by atoms with Crippen molar-refractivity contribution in [1.82, 2.24) is 29.7 Å². The first-order valence-electron chi connectivity index (χ1n) is 10.1. The minimum atomic E-state index is -4.76. The first-order valence-corrected chi connectivity index (χ1v) is 10.1. The molecule has 1 aliphatic rings. The monoisotopic (exact) mass is 481 g/mol. The fraction of sp³-hybridized carbons (Fsp3) is 0.333. The van der Waals surface area contributed by atoms with Crippen molar-refractivity contribution in [2.75, 3.05) is 18.0 Å². The zero-order valence-corrected chi connectivity index (χ0v) is 18.3. The number of hydrogen-bond donors (Lipinski definition) is 1. The molecule has 5 rings (SSSR count). The van der Waals surface area contributed by atoms with Crippen molar-refractivity contribution in [3.63, 3.8) is 0 Å². The Bertz CT molecular complexity index is 1280. The van der Waals surface area contributed by atoms with Crippen molar-refractivity contribution in [2.45, 2.75) is 24.9 Å². The molecule has 7 nitrogen and oxygen atoms in total. The summed E-state index contributed by atoms with van der Waals surface area (Å²) in [6.07, 6.45) is 1.76. The van der Waals surface area contributed by atoms with Crippen molar-refractivity contribution in [1.29, 1.82) is 0 Å². The number of imidazole rings is 1. The van der Waals surface area contributed by atoms with Gasteiger partial charge in [-0.15, -0.1) is 12.4 Å². The molecule has 33 heavy (non-hydrogen) atoms. The van der Waals surface area contributed by atoms with Crippen LogP contribution in [0, 0.1) is 5.82 Å². The van der Waals surface area contributed by atoms with Crippen LogP contribution >= 0.6 is 12.4 Å². The topological polar surface area (TPSA) is 75.5 Å². The van der Waals surface area contributed by atoms with Gasteiger partial charge in [0.1, 0.15) is 23.8 Å². The minimum Gasteiger partial charge on any atom is -0.356 e. The molecule has 0 atom stereocenters. The number of fused-ring (bicyclic) bond motifs is 1. The van der Waals surface area contributed by atoms with Crippen LogP contribution in [0.1, 0.15) is 30.1 Å². The fourth-order valence-corrected chi connectivity index (χ4v) is 4.25. The van der Waals surface area contributed by atoms with Crippen molar-refractivity contribution in [2.24, 2.45) is 7.05 Å². The number of halogens is 5. The molecule has 3 aromatic heterocycles. The number of rotatable bonds is 3. The van der Waals surface area contributed by atoms with Crippen molar-refractivity contribution >= 4 is 29.3 Å². The largest absolute Gasteiger partial charge is 0.419 e. The van der Waals surface area contributed by atoms with Crippen LogP contribution in [-0.2, 0) is 13.2 Å². The minimum absolute atomic E-state index is 0. The number of nitrogens with one attached hydrogen (secondary N) is 1. The molecule has 174 valence electrons. The van der Waals surface area contributed by atoms with Gasteiger partial charge in [0.2, 0.25) is 0 Å². The molecule has 12 heteroatoms. The van der Waals surface area contributed by atoms with Crippen molar-refractivity contribution < 1.29 is 17.6 Å². The van der Waals surface area contributed by atoms with Gasteiger partial charge in [0.15, 0.2) is 5.65 Å². The number of nitrogens with zero attached hydrogens (tertiary/aromatic N) is 6. The van der Waals surface area contributed by atoms with E-state index in [0.29, 0.717) is 11.3 Å². The lowest BCUT2D eigenvalue weighted by molar-refractivity contribution is -0.139. The summed E-state index contributed by atoms with van der Waals surface area (Å²) < 4.78 is 54.7. The number of hydrogen-bond acceptors (Lipinski definition) is 5. The van der Waals surface area contributed by atoms with E-state index in [-0.39, 0.29) is 23.9 Å². The van der Waals surface area contributed by atoms with Gasteiger partial charge in [0, 0.05) is 37.8 Å². The molecule has 1 fully saturated rings. The maximum atomic E-state index is 13.6. The number of aromatic amines is 1. The van der Waals surface area contributed by atoms with Gasteiger partial charge in [0.25, 0.3) is 0 Å². The van der Waals surface area contributed by atoms with Crippen LogP contribution in [-0.4, -0.2) is 42.8 Å². The Labute approximate surface area is 192 Å². The smallest absolute Gasteiger partial charge is 0.356 e. The van der Waals surface area contributed by atoms with E-state index in [4.69, 9.17) is 0 Å². The summed E-state index contributed by atoms with van der Waals surface area (Å²) >= 11 is 0. The summed E-state index contributed by atoms with van der Waals surface area (Å²) in [5.41, 5.74) is 0.0296. The molecule has 0 radical (unpaired) electrons. The highest BCUT2D eigenvalue weighted by Gasteiger charge is 2.34. The van der Waals surface area contributed by atoms with Crippen LogP contribution in [0.4, 0.5) is 23.4 Å². The highest BCUT2D eigenvalue weighted by Crippen LogP contribution is 2.36. The number of benzene rings is 1. The molecule has 4 heterocycles. The normalized spacial score (nSPS) is 15.1. The summed E-state index contributed by atoms with van der Waals surface area (Å²) in [7, 11) is 1.83. The molecule has 0 unspecified atom stereocenters. The van der Waals surface area contributed by atoms with E-state index in [9.17, 15) is 17.6 Å². The van der Waals surface area contributed by atoms with Gasteiger partial charge in [-0.2, -0.15) is 18.3 Å². The Morgan fingerprint density at radius 1 is 1.12 bits per heavy atom. The predicted octanol–water partition coefficient (Wildman–Crippen LogP) is 4.72. The Morgan fingerprint density at radius 2 is 1.88 bits per heavy atom. The molecule has 0 spiro atoms. The summed E-state index contributed by atoms with van der Waals surface area (Å²) in [6.45, 7) is 1.50. The molecular formula is C21H20ClF4N7. The summed E-state index contributed by atoms with van der Waals surface area (Å²) in [6, 6.07) is 2.98. The van der Waals surface area contributed by atoms with Gasteiger partial charge < -0.3 is 9.47 Å². The van der Waals surface area contributed by atoms with Crippen molar-refractivity contribution in [3.05, 3.63) is 54.1 Å². The Kier molecular flexibility index (Phi) is 6.00. The van der Waals surface area contributed by atoms with Crippen LogP contribution in [0.25, 0.3) is 22.3 Å². The number of anilines is 1. The number of piperidine rings is 1. The first-order chi connectivity index (χ1) is 15.3. The molecule has 4 aromatic rings. The van der Waals surface area contributed by atoms with Crippen LogP contribution < -0.4 is 4.90 Å². The van der Waals surface area contributed by atoms with Gasteiger partial charge in [-0.1, -0.05) is 0 Å². The Morgan fingerprint density at radius 3 is 2.61 bits per heavy atom. The van der Waals surface area contributed by atoms with Crippen LogP contribution in [0.2, 0.25) is 0 Å². The zero-order chi connectivity index (χ0) is 22.5. The third-order valence-corrected chi connectivity index (χ3v) is 5.87. The molecule has 1 aliphatic heterocycles. The van der Waals surface area contributed by atoms with E-state index in [1.54, 1.807) is 12.4 Å². The van der Waals surface area contributed by atoms with E-state index in [1.807, 2.05) is 11.6 Å². The molecule has 0 bridgehead atoms. The van der Waals surface area contributed by atoms with Crippen LogP contribution in [0.3, 0.4) is 0 Å². The second-order valence-corrected chi connectivity index (χ2v) is 7.88. The Balaban J connectivity index is 0.00000259. The second kappa shape index (κ2) is 8.62. The van der Waals surface area contributed by atoms with E-state index in [1.165, 1.54) is 12.4 Å². The SMILES string of the molecule is Cl.Cn1cc(-c2ccc(F)c(C(F)(F)F)c2)nc1C1CCN(c2ncnc3[nH]ncc23)CC1. The number of aromatic nitrogens is 6. The third kappa shape index (κ3) is 4.24. The van der Waals surface area contributed by atoms with Crippen LogP contribution in [0.5, 0.6) is 0 Å². The molecular weight excluding hydrogens is 462 g/mol. The van der Waals surface area contributed by atoms with Gasteiger partial charge in [-0.05, 0) is 31.0 Å². The fourth-order valence-electron chi connectivity index (χ4n) is 4.25. The average molecular weight is 482 g/mol. The van der Waals surface area contributed by atoms with E-state index >= 15 is 0 Å². The summed E-state index contributed by atoms with van der Waals surface area (Å²) in [4.78, 5) is 15.4. The lowest BCUT2D eigenvalue weighted by atomic mass is 9.96. The highest BCUT2D eigenvalue weighted by molar-refractivity contribution is 5.86. The molecule has 1 aromatic carbocycles. The quantitative estimate of drug-likeness (QED) is 0.429. The molecule has 0 amide bonds. The predicted molar refractivity (Wildman–Crippen MR) is 117 cm³/mol. The standard InChI is InChI=1S/C21H19F4N7.ClH/c1-31-10-17(13-2-3-16(22)15(8-13)21(23,24)25)29-19(31)12-4-6-32(7-5-12)20-14-9-28-30-18(14)26-11-27-20;/h2-3,8-12H,4-7H2,1H3,(H,26,27,28,30);1H. The van der Waals surface area contributed by atoms with Gasteiger partial charge in [-0.3, -0.25) is 5.10 Å². The molecule has 0 saturated carbocycles. The maximum absolute atomic E-state index is 13.6. The number of alkyl halides is 3. The first kappa shape index (κ1) is 23.0. The number of H-pyrrole nitrogens is 1. The van der Waals surface area contributed by atoms with E-state index in [2.05, 4.69) is 30.0 Å². The molecule has 0 aliphatic carbocycles. The lowest BCUT2D eigenvalue weighted by Gasteiger charge is -2.32. The van der Waals surface area contributed by atoms with Gasteiger partial charge in [0.05, 0.1) is 22.8 Å². The Hall–Kier alpha value is -3.21. The number of aryl methyl sites for hydroxylation is 1. The van der Waals surface area contributed by atoms with Gasteiger partial charge >= 0.3 is 6.18 Å². The molecule has 1 N–H and O–H groups in total. The van der Waals surface area contributed by atoms with Crippen LogP contribution in [0.15, 0.2) is 36.9 Å². The average Bonchev–Trinajstić information content (AvgIpc) is 3.40. The second-order valence-electron chi connectivity index (χ2n) is 7.88. The summed E-state index contributed by atoms with van der Waals surface area (Å²) in [5.74, 6) is 0.484. The third-order valence-electron chi connectivity index (χ3n) is 5.87. The van der Waals surface area contributed by atoms with Crippen molar-refractivity contribution in [3.8, 4) is 11.3 Å². The zero-order valence-electron chi connectivity index (χ0n) is 17.5. The molecule has 1 saturated heterocycles. The highest BCUT2D eigenvalue weighted by atomic mass is 35.5. The summed E-state index contributed by atoms with van der Waals surface area (Å²) in [5, 5.41) is 7.73. The lowest BCUT2D eigenvalue weighted by Crippen LogP contribution is -2.34. The van der Waals surface area contributed by atoms with E-state index < -0.39 is 17.6 Å². The van der Waals surface area contributed by atoms with Gasteiger partial charge in [-0.25, -0.2) is 19.3 Å². The van der Waals surface area contributed by atoms with E-state index in [0.717, 1.165) is 55.1 Å². The maximum Gasteiger partial charge on any atom is 0.419 e.